The van der Waals surface area contributed by atoms with Gasteiger partial charge in [-0.05, 0) is 35.2 Å². The molecule has 0 unspecified atom stereocenters. The van der Waals surface area contributed by atoms with Crippen LogP contribution < -0.4 is 5.73 Å². The van der Waals surface area contributed by atoms with Gasteiger partial charge in [-0.3, -0.25) is 0 Å². The van der Waals surface area contributed by atoms with E-state index in [1.54, 1.807) is 0 Å². The molecule has 0 heterocycles. The Morgan fingerprint density at radius 1 is 1.57 bits per heavy atom. The molecule has 4 nitrogen and oxygen atoms in total. The maximum atomic E-state index is 8.38. The lowest BCUT2D eigenvalue weighted by molar-refractivity contribution is 1.06. The molecule has 0 radical (unpaired) electrons. The SMILES string of the molecule is Cc1c(CS)cc(CN)cc1N=[N+]=[N-]. The molecule has 0 aliphatic rings. The highest BCUT2D eigenvalue weighted by Gasteiger charge is 2.03. The quantitative estimate of drug-likeness (QED) is 0.341. The van der Waals surface area contributed by atoms with Gasteiger partial charge >= 0.3 is 0 Å². The fourth-order valence-corrected chi connectivity index (χ4v) is 1.58. The van der Waals surface area contributed by atoms with Crippen LogP contribution in [-0.2, 0) is 12.3 Å². The Labute approximate surface area is 88.2 Å². The number of nitrogens with two attached hydrogens (primary N) is 1. The van der Waals surface area contributed by atoms with Gasteiger partial charge in [0.05, 0.1) is 0 Å². The zero-order chi connectivity index (χ0) is 10.6. The molecular weight excluding hydrogens is 196 g/mol. The van der Waals surface area contributed by atoms with Crippen molar-refractivity contribution >= 4 is 18.3 Å². The summed E-state index contributed by atoms with van der Waals surface area (Å²) in [6.07, 6.45) is 0. The molecule has 0 atom stereocenters. The van der Waals surface area contributed by atoms with Crippen molar-refractivity contribution in [1.82, 2.24) is 0 Å². The molecule has 0 bridgehead atoms. The van der Waals surface area contributed by atoms with Gasteiger partial charge in [0.2, 0.25) is 0 Å². The Bertz CT molecular complexity index is 383. The van der Waals surface area contributed by atoms with Gasteiger partial charge in [0, 0.05) is 22.9 Å². The van der Waals surface area contributed by atoms with Gasteiger partial charge in [-0.2, -0.15) is 12.6 Å². The molecule has 0 aliphatic carbocycles. The fraction of sp³-hybridized carbons (Fsp3) is 0.333. The van der Waals surface area contributed by atoms with Crippen molar-refractivity contribution in [2.45, 2.75) is 19.2 Å². The second-order valence-corrected chi connectivity index (χ2v) is 3.27. The maximum Gasteiger partial charge on any atom is 0.0410 e. The summed E-state index contributed by atoms with van der Waals surface area (Å²) in [5, 5.41) is 3.61. The zero-order valence-electron chi connectivity index (χ0n) is 7.94. The van der Waals surface area contributed by atoms with Crippen LogP contribution >= 0.6 is 12.6 Å². The molecule has 0 aromatic heterocycles. The van der Waals surface area contributed by atoms with E-state index < -0.39 is 0 Å². The molecule has 1 aromatic carbocycles. The second-order valence-electron chi connectivity index (χ2n) is 2.95. The second kappa shape index (κ2) is 4.91. The summed E-state index contributed by atoms with van der Waals surface area (Å²) in [7, 11) is 0. The van der Waals surface area contributed by atoms with Gasteiger partial charge in [-0.15, -0.1) is 0 Å². The number of azide groups is 1. The summed E-state index contributed by atoms with van der Waals surface area (Å²) in [5.41, 5.74) is 17.5. The minimum atomic E-state index is 0.439. The Morgan fingerprint density at radius 3 is 2.79 bits per heavy atom. The number of hydrogen-bond acceptors (Lipinski definition) is 3. The third-order valence-electron chi connectivity index (χ3n) is 2.11. The van der Waals surface area contributed by atoms with Crippen LogP contribution in [0.5, 0.6) is 0 Å². The lowest BCUT2D eigenvalue weighted by Crippen LogP contribution is -1.98. The lowest BCUT2D eigenvalue weighted by Gasteiger charge is -2.08. The van der Waals surface area contributed by atoms with Crippen LogP contribution in [0.15, 0.2) is 17.2 Å². The van der Waals surface area contributed by atoms with Crippen LogP contribution in [0.3, 0.4) is 0 Å². The number of thiol groups is 1. The first kappa shape index (κ1) is 10.9. The van der Waals surface area contributed by atoms with E-state index in [1.807, 2.05) is 19.1 Å². The van der Waals surface area contributed by atoms with E-state index in [1.165, 1.54) is 0 Å². The average Bonchev–Trinajstić information content (AvgIpc) is 2.21. The van der Waals surface area contributed by atoms with Gasteiger partial charge in [-0.1, -0.05) is 11.2 Å². The lowest BCUT2D eigenvalue weighted by atomic mass is 10.0. The molecule has 2 N–H and O–H groups in total. The molecule has 1 rings (SSSR count). The summed E-state index contributed by atoms with van der Waals surface area (Å²) < 4.78 is 0. The van der Waals surface area contributed by atoms with Gasteiger partial charge in [-0.25, -0.2) is 0 Å². The molecule has 5 heteroatoms. The largest absolute Gasteiger partial charge is 0.326 e. The predicted molar refractivity (Wildman–Crippen MR) is 60.6 cm³/mol. The van der Waals surface area contributed by atoms with Crippen LogP contribution in [0.1, 0.15) is 16.7 Å². The Morgan fingerprint density at radius 2 is 2.29 bits per heavy atom. The van der Waals surface area contributed by atoms with Gasteiger partial charge in [0.15, 0.2) is 0 Å². The Balaban J connectivity index is 3.33. The molecule has 0 amide bonds. The molecule has 0 spiro atoms. The monoisotopic (exact) mass is 208 g/mol. The smallest absolute Gasteiger partial charge is 0.0410 e. The molecule has 0 aliphatic heterocycles. The van der Waals surface area contributed by atoms with Crippen molar-refractivity contribution in [3.05, 3.63) is 39.3 Å². The Hall–Kier alpha value is -1.16. The molecular formula is C9H12N4S. The first-order valence-corrected chi connectivity index (χ1v) is 4.84. The summed E-state index contributed by atoms with van der Waals surface area (Å²) in [5.74, 6) is 0.619. The molecule has 14 heavy (non-hydrogen) atoms. The minimum Gasteiger partial charge on any atom is -0.326 e. The normalized spacial score (nSPS) is 9.64. The van der Waals surface area contributed by atoms with E-state index in [0.29, 0.717) is 18.0 Å². The van der Waals surface area contributed by atoms with E-state index in [9.17, 15) is 0 Å². The van der Waals surface area contributed by atoms with Crippen LogP contribution in [0.25, 0.3) is 10.4 Å². The molecule has 1 aromatic rings. The third-order valence-corrected chi connectivity index (χ3v) is 2.45. The van der Waals surface area contributed by atoms with E-state index >= 15 is 0 Å². The van der Waals surface area contributed by atoms with Crippen LogP contribution in [0.4, 0.5) is 5.69 Å². The minimum absolute atomic E-state index is 0.439. The van der Waals surface area contributed by atoms with Crippen molar-refractivity contribution < 1.29 is 0 Å². The van der Waals surface area contributed by atoms with Gasteiger partial charge in [0.1, 0.15) is 0 Å². The summed E-state index contributed by atoms with van der Waals surface area (Å²) in [6, 6.07) is 3.79. The van der Waals surface area contributed by atoms with Crippen LogP contribution in [0.2, 0.25) is 0 Å². The van der Waals surface area contributed by atoms with Crippen molar-refractivity contribution in [3.8, 4) is 0 Å². The topological polar surface area (TPSA) is 74.8 Å². The first-order chi connectivity index (χ1) is 6.72. The molecule has 0 saturated carbocycles. The van der Waals surface area contributed by atoms with Crippen molar-refractivity contribution in [1.29, 1.82) is 0 Å². The molecule has 0 fully saturated rings. The Kier molecular flexibility index (Phi) is 3.83. The fourth-order valence-electron chi connectivity index (χ4n) is 1.26. The third kappa shape index (κ3) is 2.20. The highest BCUT2D eigenvalue weighted by Crippen LogP contribution is 2.25. The number of benzene rings is 1. The summed E-state index contributed by atoms with van der Waals surface area (Å²) >= 11 is 4.21. The van der Waals surface area contributed by atoms with E-state index in [0.717, 1.165) is 16.7 Å². The van der Waals surface area contributed by atoms with Gasteiger partial charge < -0.3 is 5.73 Å². The predicted octanol–water partition coefficient (Wildman–Crippen LogP) is 2.83. The number of nitrogens with zero attached hydrogens (tertiary/aromatic N) is 3. The maximum absolute atomic E-state index is 8.38. The molecule has 74 valence electrons. The van der Waals surface area contributed by atoms with Gasteiger partial charge in [0.25, 0.3) is 0 Å². The van der Waals surface area contributed by atoms with E-state index in [-0.39, 0.29) is 0 Å². The molecule has 0 saturated heterocycles. The summed E-state index contributed by atoms with van der Waals surface area (Å²) in [4.78, 5) is 2.78. The number of hydrogen-bond donors (Lipinski definition) is 2. The average molecular weight is 208 g/mol. The highest BCUT2D eigenvalue weighted by molar-refractivity contribution is 7.79. The van der Waals surface area contributed by atoms with E-state index in [2.05, 4.69) is 22.7 Å². The highest BCUT2D eigenvalue weighted by atomic mass is 32.1. The number of rotatable bonds is 3. The standard InChI is InChI=1S/C9H12N4S/c1-6-8(5-14)2-7(4-10)3-9(6)12-13-11/h2-3,14H,4-5,10H2,1H3. The van der Waals surface area contributed by atoms with Crippen LogP contribution in [0, 0.1) is 6.92 Å². The first-order valence-electron chi connectivity index (χ1n) is 4.21. The van der Waals surface area contributed by atoms with Crippen molar-refractivity contribution in [3.63, 3.8) is 0 Å². The van der Waals surface area contributed by atoms with E-state index in [4.69, 9.17) is 11.3 Å². The zero-order valence-corrected chi connectivity index (χ0v) is 8.83. The van der Waals surface area contributed by atoms with Crippen LogP contribution in [-0.4, -0.2) is 0 Å². The van der Waals surface area contributed by atoms with Crippen molar-refractivity contribution in [2.75, 3.05) is 0 Å². The van der Waals surface area contributed by atoms with Crippen molar-refractivity contribution in [2.24, 2.45) is 10.8 Å². The summed E-state index contributed by atoms with van der Waals surface area (Å²) in [6.45, 7) is 2.35.